The van der Waals surface area contributed by atoms with E-state index in [2.05, 4.69) is 6.92 Å². The molecule has 1 amide bonds. The standard InChI is InChI=1S/C15H22N2O2/c1-12-6-5-7-13(10-16)17(12)15(18)11-19-14-8-3-2-4-9-14/h2-4,8-9,12-13H,5-7,10-11,16H2,1H3. The van der Waals surface area contributed by atoms with Crippen molar-refractivity contribution in [1.82, 2.24) is 4.90 Å². The zero-order valence-electron chi connectivity index (χ0n) is 11.4. The molecule has 19 heavy (non-hydrogen) atoms. The molecular weight excluding hydrogens is 240 g/mol. The summed E-state index contributed by atoms with van der Waals surface area (Å²) in [6, 6.07) is 9.84. The van der Waals surface area contributed by atoms with Crippen LogP contribution < -0.4 is 10.5 Å². The van der Waals surface area contributed by atoms with Crippen molar-refractivity contribution >= 4 is 5.91 Å². The number of likely N-dealkylation sites (tertiary alicyclic amines) is 1. The first-order valence-electron chi connectivity index (χ1n) is 6.91. The van der Waals surface area contributed by atoms with Crippen molar-refractivity contribution in [3.05, 3.63) is 30.3 Å². The summed E-state index contributed by atoms with van der Waals surface area (Å²) in [6.45, 7) is 2.70. The first kappa shape index (κ1) is 13.9. The van der Waals surface area contributed by atoms with Crippen molar-refractivity contribution in [1.29, 1.82) is 0 Å². The smallest absolute Gasteiger partial charge is 0.261 e. The van der Waals surface area contributed by atoms with E-state index in [0.29, 0.717) is 6.54 Å². The van der Waals surface area contributed by atoms with Crippen LogP contribution in [0, 0.1) is 0 Å². The summed E-state index contributed by atoms with van der Waals surface area (Å²) in [4.78, 5) is 14.2. The van der Waals surface area contributed by atoms with Gasteiger partial charge in [-0.15, -0.1) is 0 Å². The minimum atomic E-state index is 0.0338. The van der Waals surface area contributed by atoms with Gasteiger partial charge >= 0.3 is 0 Å². The van der Waals surface area contributed by atoms with E-state index >= 15 is 0 Å². The number of para-hydroxylation sites is 1. The molecule has 1 aromatic carbocycles. The van der Waals surface area contributed by atoms with Crippen molar-refractivity contribution in [3.63, 3.8) is 0 Å². The SMILES string of the molecule is CC1CCCC(CN)N1C(=O)COc1ccccc1. The Labute approximate surface area is 114 Å². The first-order chi connectivity index (χ1) is 9.22. The monoisotopic (exact) mass is 262 g/mol. The lowest BCUT2D eigenvalue weighted by molar-refractivity contribution is -0.139. The molecule has 104 valence electrons. The highest BCUT2D eigenvalue weighted by atomic mass is 16.5. The van der Waals surface area contributed by atoms with Gasteiger partial charge in [-0.1, -0.05) is 18.2 Å². The van der Waals surface area contributed by atoms with Crippen molar-refractivity contribution < 1.29 is 9.53 Å². The number of carbonyl (C=O) groups is 1. The van der Waals surface area contributed by atoms with Crippen molar-refractivity contribution in [2.24, 2.45) is 5.73 Å². The summed E-state index contributed by atoms with van der Waals surface area (Å²) in [5.41, 5.74) is 5.77. The highest BCUT2D eigenvalue weighted by Gasteiger charge is 2.30. The zero-order valence-corrected chi connectivity index (χ0v) is 11.4. The van der Waals surface area contributed by atoms with Gasteiger partial charge in [0.15, 0.2) is 6.61 Å². The topological polar surface area (TPSA) is 55.6 Å². The molecule has 0 aromatic heterocycles. The third kappa shape index (κ3) is 3.47. The Balaban J connectivity index is 1.94. The molecule has 0 saturated carbocycles. The maximum absolute atomic E-state index is 12.3. The van der Waals surface area contributed by atoms with Gasteiger partial charge in [-0.2, -0.15) is 0 Å². The van der Waals surface area contributed by atoms with Gasteiger partial charge < -0.3 is 15.4 Å². The average molecular weight is 262 g/mol. The van der Waals surface area contributed by atoms with Crippen LogP contribution in [-0.2, 0) is 4.79 Å². The van der Waals surface area contributed by atoms with Crippen LogP contribution in [0.3, 0.4) is 0 Å². The van der Waals surface area contributed by atoms with E-state index in [9.17, 15) is 4.79 Å². The van der Waals surface area contributed by atoms with Gasteiger partial charge in [-0.3, -0.25) is 4.79 Å². The quantitative estimate of drug-likeness (QED) is 0.900. The molecule has 2 N–H and O–H groups in total. The Morgan fingerprint density at radius 3 is 2.79 bits per heavy atom. The summed E-state index contributed by atoms with van der Waals surface area (Å²) in [7, 11) is 0. The molecule has 0 bridgehead atoms. The van der Waals surface area contributed by atoms with Gasteiger partial charge in [0.2, 0.25) is 0 Å². The van der Waals surface area contributed by atoms with E-state index in [1.54, 1.807) is 0 Å². The molecule has 4 nitrogen and oxygen atoms in total. The molecule has 0 spiro atoms. The number of nitrogens with two attached hydrogens (primary N) is 1. The van der Waals surface area contributed by atoms with E-state index in [4.69, 9.17) is 10.5 Å². The minimum absolute atomic E-state index is 0.0338. The van der Waals surface area contributed by atoms with Gasteiger partial charge in [0.05, 0.1) is 0 Å². The van der Waals surface area contributed by atoms with Crippen LogP contribution in [0.15, 0.2) is 30.3 Å². The fourth-order valence-corrected chi connectivity index (χ4v) is 2.70. The van der Waals surface area contributed by atoms with Gasteiger partial charge in [-0.25, -0.2) is 0 Å². The first-order valence-corrected chi connectivity index (χ1v) is 6.91. The summed E-state index contributed by atoms with van der Waals surface area (Å²) < 4.78 is 5.53. The van der Waals surface area contributed by atoms with Gasteiger partial charge in [-0.05, 0) is 38.3 Å². The van der Waals surface area contributed by atoms with E-state index in [-0.39, 0.29) is 24.6 Å². The molecule has 1 aromatic rings. The molecule has 1 saturated heterocycles. The molecule has 2 rings (SSSR count). The lowest BCUT2D eigenvalue weighted by atomic mass is 9.96. The Kier molecular flexibility index (Phi) is 4.80. The number of nitrogens with zero attached hydrogens (tertiary/aromatic N) is 1. The number of rotatable bonds is 4. The van der Waals surface area contributed by atoms with Crippen LogP contribution in [0.5, 0.6) is 5.75 Å². The van der Waals surface area contributed by atoms with Crippen LogP contribution in [0.1, 0.15) is 26.2 Å². The van der Waals surface area contributed by atoms with E-state index < -0.39 is 0 Å². The van der Waals surface area contributed by atoms with Crippen LogP contribution in [0.2, 0.25) is 0 Å². The maximum Gasteiger partial charge on any atom is 0.261 e. The number of hydrogen-bond donors (Lipinski definition) is 1. The molecule has 1 aliphatic heterocycles. The average Bonchev–Trinajstić information content (AvgIpc) is 2.45. The number of benzene rings is 1. The summed E-state index contributed by atoms with van der Waals surface area (Å²) in [5, 5.41) is 0. The lowest BCUT2D eigenvalue weighted by Gasteiger charge is -2.40. The predicted octanol–water partition coefficient (Wildman–Crippen LogP) is 1.79. The van der Waals surface area contributed by atoms with Crippen LogP contribution in [-0.4, -0.2) is 36.0 Å². The zero-order chi connectivity index (χ0) is 13.7. The number of amides is 1. The largest absolute Gasteiger partial charge is 0.484 e. The van der Waals surface area contributed by atoms with Crippen molar-refractivity contribution in [3.8, 4) is 5.75 Å². The predicted molar refractivity (Wildman–Crippen MR) is 74.9 cm³/mol. The molecule has 1 fully saturated rings. The third-order valence-corrected chi connectivity index (χ3v) is 3.69. The molecular formula is C15H22N2O2. The Morgan fingerprint density at radius 1 is 1.37 bits per heavy atom. The van der Waals surface area contributed by atoms with Crippen LogP contribution in [0.25, 0.3) is 0 Å². The van der Waals surface area contributed by atoms with Crippen LogP contribution in [0.4, 0.5) is 0 Å². The molecule has 1 heterocycles. The molecule has 1 aliphatic rings. The van der Waals surface area contributed by atoms with Crippen LogP contribution >= 0.6 is 0 Å². The lowest BCUT2D eigenvalue weighted by Crippen LogP contribution is -2.53. The Hall–Kier alpha value is -1.55. The summed E-state index contributed by atoms with van der Waals surface area (Å²) >= 11 is 0. The number of ether oxygens (including phenoxy) is 1. The summed E-state index contributed by atoms with van der Waals surface area (Å²) in [6.07, 6.45) is 3.19. The maximum atomic E-state index is 12.3. The van der Waals surface area contributed by atoms with E-state index in [1.807, 2.05) is 35.2 Å². The van der Waals surface area contributed by atoms with E-state index in [0.717, 1.165) is 25.0 Å². The fourth-order valence-electron chi connectivity index (χ4n) is 2.70. The Bertz CT molecular complexity index is 408. The number of hydrogen-bond acceptors (Lipinski definition) is 3. The highest BCUT2D eigenvalue weighted by molar-refractivity contribution is 5.78. The van der Waals surface area contributed by atoms with Crippen molar-refractivity contribution in [2.45, 2.75) is 38.3 Å². The second-order valence-electron chi connectivity index (χ2n) is 5.07. The van der Waals surface area contributed by atoms with Gasteiger partial charge in [0, 0.05) is 18.6 Å². The summed E-state index contributed by atoms with van der Waals surface area (Å²) in [5.74, 6) is 0.760. The third-order valence-electron chi connectivity index (χ3n) is 3.69. The second kappa shape index (κ2) is 6.57. The Morgan fingerprint density at radius 2 is 2.11 bits per heavy atom. The van der Waals surface area contributed by atoms with Crippen molar-refractivity contribution in [2.75, 3.05) is 13.2 Å². The molecule has 2 atom stereocenters. The van der Waals surface area contributed by atoms with Gasteiger partial charge in [0.25, 0.3) is 5.91 Å². The molecule has 0 radical (unpaired) electrons. The molecule has 0 aliphatic carbocycles. The normalized spacial score (nSPS) is 23.2. The number of piperidine rings is 1. The van der Waals surface area contributed by atoms with Gasteiger partial charge in [0.1, 0.15) is 5.75 Å². The van der Waals surface area contributed by atoms with E-state index in [1.165, 1.54) is 0 Å². The fraction of sp³-hybridized carbons (Fsp3) is 0.533. The molecule has 2 unspecified atom stereocenters. The minimum Gasteiger partial charge on any atom is -0.484 e. The second-order valence-corrected chi connectivity index (χ2v) is 5.07. The highest BCUT2D eigenvalue weighted by Crippen LogP contribution is 2.22. The number of carbonyl (C=O) groups excluding carboxylic acids is 1. The molecule has 4 heteroatoms.